The van der Waals surface area contributed by atoms with E-state index in [-0.39, 0.29) is 68.4 Å². The number of phenolic OH excluding ortho intramolecular Hbond substituents is 6. The third kappa shape index (κ3) is 11.6. The molecule has 0 atom stereocenters. The Hall–Kier alpha value is -5.93. The van der Waals surface area contributed by atoms with Crippen LogP contribution in [0, 0.1) is 0 Å². The number of carbonyl (C=O) groups excluding carboxylic acids is 5. The zero-order valence-electron chi connectivity index (χ0n) is 27.8. The standard InChI is InChI=1S/C35H41BN4O11/c36-27(44)13-14-28(45)40-35(15-4-18-37-32(49)21-7-1-10-24(41)29(21)46,16-5-19-38-33(50)22-8-2-11-25(42)30(22)47)17-6-20-39-34(51)23-9-3-12-26(43)31(23)48/h1-3,7-12,41-43,46-48H,4-6,13-20H2,(H,37,49)(H,38,50)(H,39,51)(H,40,45). The third-order valence-electron chi connectivity index (χ3n) is 8.13. The van der Waals surface area contributed by atoms with Crippen molar-refractivity contribution in [3.63, 3.8) is 0 Å². The zero-order valence-corrected chi connectivity index (χ0v) is 27.8. The zero-order chi connectivity index (χ0) is 37.6. The first-order valence-electron chi connectivity index (χ1n) is 16.2. The van der Waals surface area contributed by atoms with E-state index in [0.717, 1.165) is 0 Å². The van der Waals surface area contributed by atoms with Gasteiger partial charge in [0.2, 0.25) is 5.91 Å². The van der Waals surface area contributed by atoms with E-state index < -0.39 is 69.3 Å². The van der Waals surface area contributed by atoms with Crippen LogP contribution in [-0.2, 0) is 9.59 Å². The van der Waals surface area contributed by atoms with Gasteiger partial charge in [-0.15, -0.1) is 0 Å². The van der Waals surface area contributed by atoms with Gasteiger partial charge in [-0.2, -0.15) is 0 Å². The van der Waals surface area contributed by atoms with Gasteiger partial charge in [0.1, 0.15) is 0 Å². The van der Waals surface area contributed by atoms with Crippen LogP contribution in [0.4, 0.5) is 0 Å². The van der Waals surface area contributed by atoms with Gasteiger partial charge in [0.15, 0.2) is 42.3 Å². The molecule has 0 heterocycles. The molecule has 0 unspecified atom stereocenters. The van der Waals surface area contributed by atoms with Gasteiger partial charge in [-0.05, 0) is 74.9 Å². The monoisotopic (exact) mass is 704 g/mol. The van der Waals surface area contributed by atoms with E-state index in [4.69, 9.17) is 7.85 Å². The lowest BCUT2D eigenvalue weighted by Gasteiger charge is -2.36. The van der Waals surface area contributed by atoms with Crippen LogP contribution in [-0.4, -0.2) is 93.0 Å². The molecule has 270 valence electrons. The topological polar surface area (TPSA) is 255 Å². The van der Waals surface area contributed by atoms with Gasteiger partial charge in [0.05, 0.1) is 22.4 Å². The molecular weight excluding hydrogens is 663 g/mol. The predicted octanol–water partition coefficient (Wildman–Crippen LogP) is 2.18. The molecule has 0 aromatic heterocycles. The first-order chi connectivity index (χ1) is 24.2. The highest BCUT2D eigenvalue weighted by molar-refractivity contribution is 6.57. The second-order valence-corrected chi connectivity index (χ2v) is 11.9. The second-order valence-electron chi connectivity index (χ2n) is 11.9. The fourth-order valence-electron chi connectivity index (χ4n) is 5.47. The summed E-state index contributed by atoms with van der Waals surface area (Å²) >= 11 is 0. The third-order valence-corrected chi connectivity index (χ3v) is 8.13. The van der Waals surface area contributed by atoms with Crippen LogP contribution < -0.4 is 21.3 Å². The number of para-hydroxylation sites is 3. The normalized spacial score (nSPS) is 11.0. The molecule has 0 aliphatic heterocycles. The molecule has 15 nitrogen and oxygen atoms in total. The average molecular weight is 705 g/mol. The van der Waals surface area contributed by atoms with E-state index in [9.17, 15) is 54.6 Å². The Morgan fingerprint density at radius 2 is 0.863 bits per heavy atom. The molecule has 3 aromatic carbocycles. The minimum Gasteiger partial charge on any atom is -0.504 e. The SMILES string of the molecule is [B]C(=O)CCC(=O)NC(CCCNC(=O)c1cccc(O)c1O)(CCCNC(=O)c1cccc(O)c1O)CCCNC(=O)c1cccc(O)c1O. The van der Waals surface area contributed by atoms with Crippen molar-refractivity contribution in [1.29, 1.82) is 0 Å². The maximum Gasteiger partial charge on any atom is 0.255 e. The summed E-state index contributed by atoms with van der Waals surface area (Å²) in [6.45, 7) is 0.273. The van der Waals surface area contributed by atoms with E-state index in [1.165, 1.54) is 54.6 Å². The molecule has 3 rings (SSSR count). The summed E-state index contributed by atoms with van der Waals surface area (Å²) in [5, 5.41) is 70.4. The Balaban J connectivity index is 1.75. The van der Waals surface area contributed by atoms with Crippen molar-refractivity contribution in [3.8, 4) is 34.5 Å². The van der Waals surface area contributed by atoms with Gasteiger partial charge in [0, 0.05) is 38.0 Å². The molecular formula is C35H41BN4O11. The summed E-state index contributed by atoms with van der Waals surface area (Å²) in [5.41, 5.74) is -2.08. The van der Waals surface area contributed by atoms with E-state index >= 15 is 0 Å². The van der Waals surface area contributed by atoms with Crippen molar-refractivity contribution >= 4 is 37.2 Å². The van der Waals surface area contributed by atoms with Crippen LogP contribution in [0.3, 0.4) is 0 Å². The molecule has 2 radical (unpaired) electrons. The Kier molecular flexibility index (Phi) is 14.5. The molecule has 0 bridgehead atoms. The molecule has 0 aliphatic rings. The molecule has 51 heavy (non-hydrogen) atoms. The van der Waals surface area contributed by atoms with Gasteiger partial charge in [-0.25, -0.2) is 0 Å². The minimum atomic E-state index is -0.998. The number of benzene rings is 3. The number of nitrogens with one attached hydrogen (secondary N) is 4. The van der Waals surface area contributed by atoms with E-state index in [1.807, 2.05) is 0 Å². The van der Waals surface area contributed by atoms with Crippen LogP contribution in [0.15, 0.2) is 54.6 Å². The van der Waals surface area contributed by atoms with Crippen molar-refractivity contribution in [1.82, 2.24) is 21.3 Å². The van der Waals surface area contributed by atoms with E-state index in [2.05, 4.69) is 21.3 Å². The number of rotatable bonds is 19. The first-order valence-corrected chi connectivity index (χ1v) is 16.2. The Morgan fingerprint density at radius 1 is 0.529 bits per heavy atom. The average Bonchev–Trinajstić information content (AvgIpc) is 3.09. The van der Waals surface area contributed by atoms with Crippen molar-refractivity contribution in [2.75, 3.05) is 19.6 Å². The molecule has 3 aromatic rings. The summed E-state index contributed by atoms with van der Waals surface area (Å²) in [6, 6.07) is 11.9. The minimum absolute atomic E-state index is 0.0911. The van der Waals surface area contributed by atoms with Gasteiger partial charge >= 0.3 is 0 Å². The van der Waals surface area contributed by atoms with Gasteiger partial charge in [0.25, 0.3) is 17.7 Å². The number of hydrogen-bond donors (Lipinski definition) is 10. The van der Waals surface area contributed by atoms with Crippen LogP contribution in [0.2, 0.25) is 0 Å². The molecule has 10 N–H and O–H groups in total. The Bertz CT molecular complexity index is 1560. The van der Waals surface area contributed by atoms with Crippen LogP contribution in [0.5, 0.6) is 34.5 Å². The van der Waals surface area contributed by atoms with Crippen LogP contribution in [0.25, 0.3) is 0 Å². The highest BCUT2D eigenvalue weighted by atomic mass is 16.3. The lowest BCUT2D eigenvalue weighted by molar-refractivity contribution is -0.125. The number of carbonyl (C=O) groups is 5. The quantitative estimate of drug-likeness (QED) is 0.0492. The van der Waals surface area contributed by atoms with Gasteiger partial charge in [-0.3, -0.25) is 19.2 Å². The molecule has 0 spiro atoms. The fourth-order valence-corrected chi connectivity index (χ4v) is 5.47. The second kappa shape index (κ2) is 18.7. The van der Waals surface area contributed by atoms with Crippen molar-refractivity contribution in [2.45, 2.75) is 56.9 Å². The molecule has 4 amide bonds. The van der Waals surface area contributed by atoms with Gasteiger partial charge in [-0.1, -0.05) is 18.2 Å². The predicted molar refractivity (Wildman–Crippen MR) is 185 cm³/mol. The summed E-state index contributed by atoms with van der Waals surface area (Å²) < 4.78 is 0. The lowest BCUT2D eigenvalue weighted by Crippen LogP contribution is -2.50. The number of hydrogen-bond acceptors (Lipinski definition) is 11. The summed E-state index contributed by atoms with van der Waals surface area (Å²) in [7, 11) is 5.25. The van der Waals surface area contributed by atoms with Gasteiger partial charge < -0.3 is 56.7 Å². The molecule has 0 saturated carbocycles. The van der Waals surface area contributed by atoms with E-state index in [1.54, 1.807) is 0 Å². The number of phenols is 6. The van der Waals surface area contributed by atoms with Crippen molar-refractivity contribution < 1.29 is 54.6 Å². The lowest BCUT2D eigenvalue weighted by atomic mass is 9.83. The molecule has 0 fully saturated rings. The van der Waals surface area contributed by atoms with Crippen molar-refractivity contribution in [2.24, 2.45) is 0 Å². The summed E-state index contributed by atoms with van der Waals surface area (Å²) in [5.74, 6) is -5.52. The first kappa shape index (κ1) is 39.5. The molecule has 16 heteroatoms. The van der Waals surface area contributed by atoms with E-state index in [0.29, 0.717) is 19.3 Å². The Labute approximate surface area is 295 Å². The Morgan fingerprint density at radius 3 is 1.18 bits per heavy atom. The van der Waals surface area contributed by atoms with Crippen LogP contribution >= 0.6 is 0 Å². The van der Waals surface area contributed by atoms with Crippen molar-refractivity contribution in [3.05, 3.63) is 71.3 Å². The summed E-state index contributed by atoms with van der Waals surface area (Å²) in [6.07, 6.45) is 1.29. The number of amides is 4. The fraction of sp³-hybridized carbons (Fsp3) is 0.343. The maximum atomic E-state index is 13.1. The molecule has 0 aliphatic carbocycles. The smallest absolute Gasteiger partial charge is 0.255 e. The highest BCUT2D eigenvalue weighted by Gasteiger charge is 2.31. The maximum absolute atomic E-state index is 13.1. The summed E-state index contributed by atoms with van der Waals surface area (Å²) in [4.78, 5) is 62.6. The largest absolute Gasteiger partial charge is 0.504 e. The molecule has 0 saturated heterocycles. The van der Waals surface area contributed by atoms with Crippen LogP contribution in [0.1, 0.15) is 82.4 Å². The number of aromatic hydroxyl groups is 6. The highest BCUT2D eigenvalue weighted by Crippen LogP contribution is 2.31.